The lowest BCUT2D eigenvalue weighted by Gasteiger charge is -2.18. The molecule has 4 N–H and O–H groups in total. The Hall–Kier alpha value is -3.37. The fourth-order valence-electron chi connectivity index (χ4n) is 3.01. The molecule has 0 saturated heterocycles. The van der Waals surface area contributed by atoms with Crippen molar-refractivity contribution < 1.29 is 13.6 Å². The van der Waals surface area contributed by atoms with E-state index in [1.54, 1.807) is 12.1 Å². The number of carbonyl (C=O) groups is 1. The minimum atomic E-state index is -2.86. The van der Waals surface area contributed by atoms with Crippen molar-refractivity contribution in [2.75, 3.05) is 5.32 Å². The molecule has 11 heteroatoms. The van der Waals surface area contributed by atoms with Gasteiger partial charge in [0.2, 0.25) is 5.91 Å². The van der Waals surface area contributed by atoms with Crippen molar-refractivity contribution in [1.29, 1.82) is 0 Å². The molecule has 0 spiro atoms. The van der Waals surface area contributed by atoms with E-state index in [1.807, 2.05) is 24.3 Å². The van der Waals surface area contributed by atoms with Crippen molar-refractivity contribution in [2.24, 2.45) is 5.73 Å². The topological polar surface area (TPSA) is 115 Å². The first-order chi connectivity index (χ1) is 15.4. The molecule has 0 radical (unpaired) electrons. The molecule has 1 amide bonds. The number of nitrogens with zero attached hydrogens (tertiary/aromatic N) is 3. The quantitative estimate of drug-likeness (QED) is 0.450. The molecule has 0 fully saturated rings. The third-order valence-electron chi connectivity index (χ3n) is 4.67. The number of hydrogen-bond donors (Lipinski definition) is 3. The summed E-state index contributed by atoms with van der Waals surface area (Å²) in [4.78, 5) is 32.9. The van der Waals surface area contributed by atoms with Crippen LogP contribution < -0.4 is 21.9 Å². The summed E-state index contributed by atoms with van der Waals surface area (Å²) in [6.45, 7) is 0.114. The smallest absolute Gasteiger partial charge is 0.294 e. The highest BCUT2D eigenvalue weighted by atomic mass is 35.5. The van der Waals surface area contributed by atoms with E-state index in [-0.39, 0.29) is 23.2 Å². The molecule has 8 nitrogen and oxygen atoms in total. The number of nitrogens with one attached hydrogen (secondary N) is 2. The highest BCUT2D eigenvalue weighted by Gasteiger charge is 2.25. The molecule has 3 aromatic rings. The van der Waals surface area contributed by atoms with Gasteiger partial charge in [-0.05, 0) is 23.3 Å². The number of amides is 1. The second kappa shape index (κ2) is 10.8. The number of aromatic nitrogens is 3. The Morgan fingerprint density at radius 2 is 1.84 bits per heavy atom. The summed E-state index contributed by atoms with van der Waals surface area (Å²) in [5, 5.41) is 5.01. The van der Waals surface area contributed by atoms with Crippen molar-refractivity contribution in [3.63, 3.8) is 0 Å². The van der Waals surface area contributed by atoms with E-state index >= 15 is 0 Å². The van der Waals surface area contributed by atoms with Crippen LogP contribution in [0.2, 0.25) is 5.15 Å². The van der Waals surface area contributed by atoms with Crippen molar-refractivity contribution in [1.82, 2.24) is 19.9 Å². The molecule has 2 heterocycles. The largest absolute Gasteiger partial charge is 0.352 e. The molecular formula is C21H21ClF2N6O2. The number of benzene rings is 1. The van der Waals surface area contributed by atoms with Crippen LogP contribution in [-0.2, 0) is 24.4 Å². The van der Waals surface area contributed by atoms with Gasteiger partial charge < -0.3 is 16.4 Å². The molecule has 0 saturated carbocycles. The Balaban J connectivity index is 1.76. The summed E-state index contributed by atoms with van der Waals surface area (Å²) in [6, 6.07) is 10.3. The van der Waals surface area contributed by atoms with Crippen molar-refractivity contribution >= 4 is 23.3 Å². The predicted molar refractivity (Wildman–Crippen MR) is 116 cm³/mol. The molecule has 1 aromatic carbocycles. The maximum Gasteiger partial charge on any atom is 0.294 e. The number of alkyl halides is 2. The summed E-state index contributed by atoms with van der Waals surface area (Å²) >= 11 is 6.04. The van der Waals surface area contributed by atoms with Gasteiger partial charge in [-0.3, -0.25) is 19.1 Å². The molecule has 32 heavy (non-hydrogen) atoms. The molecule has 0 aliphatic carbocycles. The maximum atomic E-state index is 13.6. The van der Waals surface area contributed by atoms with E-state index in [9.17, 15) is 18.4 Å². The third kappa shape index (κ3) is 5.65. The SMILES string of the molecule is NCc1ccccc1CNC(=O)Cn1c(Cl)cnc(NC(c2ccccn2)C(F)F)c1=O. The standard InChI is InChI=1S/C21H21ClF2N6O2/c22-16-11-28-20(29-18(19(23)24)15-7-3-4-8-26-15)21(32)30(16)12-17(31)27-10-14-6-2-1-5-13(14)9-25/h1-8,11,18-19H,9-10,12,25H2,(H,27,31)(H,28,29). The highest BCUT2D eigenvalue weighted by Crippen LogP contribution is 2.22. The summed E-state index contributed by atoms with van der Waals surface area (Å²) in [5.41, 5.74) is 6.65. The van der Waals surface area contributed by atoms with Gasteiger partial charge >= 0.3 is 0 Å². The maximum absolute atomic E-state index is 13.6. The summed E-state index contributed by atoms with van der Waals surface area (Å²) < 4.78 is 28.1. The number of rotatable bonds is 9. The van der Waals surface area contributed by atoms with E-state index in [4.69, 9.17) is 17.3 Å². The normalized spacial score (nSPS) is 11.9. The van der Waals surface area contributed by atoms with Crippen LogP contribution in [0.25, 0.3) is 0 Å². The van der Waals surface area contributed by atoms with Crippen LogP contribution >= 0.6 is 11.6 Å². The van der Waals surface area contributed by atoms with Gasteiger partial charge in [0.15, 0.2) is 5.82 Å². The number of pyridine rings is 1. The predicted octanol–water partition coefficient (Wildman–Crippen LogP) is 2.49. The van der Waals surface area contributed by atoms with E-state index in [0.717, 1.165) is 21.9 Å². The van der Waals surface area contributed by atoms with Gasteiger partial charge in [-0.1, -0.05) is 41.9 Å². The van der Waals surface area contributed by atoms with Gasteiger partial charge in [-0.2, -0.15) is 0 Å². The average molecular weight is 463 g/mol. The van der Waals surface area contributed by atoms with Crippen molar-refractivity contribution in [3.05, 3.63) is 87.2 Å². The van der Waals surface area contributed by atoms with Crippen LogP contribution in [0.1, 0.15) is 22.9 Å². The molecule has 3 rings (SSSR count). The lowest BCUT2D eigenvalue weighted by atomic mass is 10.1. The first-order valence-electron chi connectivity index (χ1n) is 9.65. The first-order valence-corrected chi connectivity index (χ1v) is 10.0. The van der Waals surface area contributed by atoms with E-state index < -0.39 is 30.5 Å². The Labute approximate surface area is 187 Å². The zero-order valence-electron chi connectivity index (χ0n) is 16.8. The fraction of sp³-hybridized carbons (Fsp3) is 0.238. The van der Waals surface area contributed by atoms with Crippen LogP contribution in [0, 0.1) is 0 Å². The zero-order valence-corrected chi connectivity index (χ0v) is 17.6. The molecule has 168 valence electrons. The summed E-state index contributed by atoms with van der Waals surface area (Å²) in [7, 11) is 0. The number of carbonyl (C=O) groups excluding carboxylic acids is 1. The molecule has 1 unspecified atom stereocenters. The van der Waals surface area contributed by atoms with Gasteiger partial charge in [0.25, 0.3) is 12.0 Å². The Morgan fingerprint density at radius 3 is 2.50 bits per heavy atom. The van der Waals surface area contributed by atoms with E-state index in [2.05, 4.69) is 20.6 Å². The minimum absolute atomic E-state index is 0.0431. The van der Waals surface area contributed by atoms with Gasteiger partial charge in [0, 0.05) is 19.3 Å². The van der Waals surface area contributed by atoms with Crippen LogP contribution in [0.5, 0.6) is 0 Å². The van der Waals surface area contributed by atoms with Gasteiger partial charge in [0.05, 0.1) is 11.9 Å². The third-order valence-corrected chi connectivity index (χ3v) is 4.97. The number of nitrogens with two attached hydrogens (primary N) is 1. The molecule has 2 aromatic heterocycles. The average Bonchev–Trinajstić information content (AvgIpc) is 2.80. The lowest BCUT2D eigenvalue weighted by molar-refractivity contribution is -0.121. The molecule has 1 atom stereocenters. The fourth-order valence-corrected chi connectivity index (χ4v) is 3.19. The van der Waals surface area contributed by atoms with Gasteiger partial charge in [-0.15, -0.1) is 0 Å². The monoisotopic (exact) mass is 462 g/mol. The summed E-state index contributed by atoms with van der Waals surface area (Å²) in [5.74, 6) is -0.861. The highest BCUT2D eigenvalue weighted by molar-refractivity contribution is 6.29. The number of halogens is 3. The Morgan fingerprint density at radius 1 is 1.12 bits per heavy atom. The first kappa shape index (κ1) is 23.3. The Kier molecular flexibility index (Phi) is 7.85. The number of anilines is 1. The summed E-state index contributed by atoms with van der Waals surface area (Å²) in [6.07, 6.45) is -0.378. The van der Waals surface area contributed by atoms with Crippen molar-refractivity contribution in [2.45, 2.75) is 32.1 Å². The molecule has 0 bridgehead atoms. The molecule has 0 aliphatic heterocycles. The second-order valence-electron chi connectivity index (χ2n) is 6.78. The van der Waals surface area contributed by atoms with Crippen LogP contribution in [0.15, 0.2) is 59.7 Å². The molecule has 0 aliphatic rings. The minimum Gasteiger partial charge on any atom is -0.352 e. The molecular weight excluding hydrogens is 442 g/mol. The van der Waals surface area contributed by atoms with Crippen molar-refractivity contribution in [3.8, 4) is 0 Å². The van der Waals surface area contributed by atoms with Crippen LogP contribution in [0.3, 0.4) is 0 Å². The van der Waals surface area contributed by atoms with E-state index in [0.29, 0.717) is 6.54 Å². The number of hydrogen-bond acceptors (Lipinski definition) is 6. The zero-order chi connectivity index (χ0) is 23.1. The van der Waals surface area contributed by atoms with Crippen LogP contribution in [0.4, 0.5) is 14.6 Å². The van der Waals surface area contributed by atoms with E-state index in [1.165, 1.54) is 12.3 Å². The van der Waals surface area contributed by atoms with Crippen LogP contribution in [-0.4, -0.2) is 26.9 Å². The Bertz CT molecular complexity index is 1130. The van der Waals surface area contributed by atoms with Gasteiger partial charge in [-0.25, -0.2) is 13.8 Å². The lowest BCUT2D eigenvalue weighted by Crippen LogP contribution is -2.35. The second-order valence-corrected chi connectivity index (χ2v) is 7.17. The van der Waals surface area contributed by atoms with Gasteiger partial charge in [0.1, 0.15) is 17.7 Å².